The van der Waals surface area contributed by atoms with E-state index in [0.717, 1.165) is 78.2 Å². The van der Waals surface area contributed by atoms with E-state index in [0.29, 0.717) is 38.1 Å². The second-order valence-electron chi connectivity index (χ2n) is 14.1. The van der Waals surface area contributed by atoms with Crippen LogP contribution in [-0.4, -0.2) is 142 Å². The molecule has 9 atom stereocenters. The molecule has 3 saturated heterocycles. The molecule has 7 rings (SSSR count). The van der Waals surface area contributed by atoms with E-state index in [9.17, 15) is 9.59 Å². The molecule has 0 radical (unpaired) electrons. The highest BCUT2D eigenvalue weighted by Crippen LogP contribution is 2.50. The lowest BCUT2D eigenvalue weighted by molar-refractivity contribution is -0.220. The van der Waals surface area contributed by atoms with Crippen LogP contribution in [0.4, 0.5) is 4.39 Å². The van der Waals surface area contributed by atoms with Gasteiger partial charge in [-0.1, -0.05) is 19.3 Å². The molecule has 3 aliphatic carbocycles. The molecule has 1 amide bonds. The summed E-state index contributed by atoms with van der Waals surface area (Å²) in [5.41, 5.74) is 0.197. The van der Waals surface area contributed by atoms with E-state index in [2.05, 4.69) is 25.3 Å². The maximum absolute atomic E-state index is 16.2. The molecule has 0 bridgehead atoms. The van der Waals surface area contributed by atoms with Crippen LogP contribution in [0, 0.1) is 17.8 Å². The van der Waals surface area contributed by atoms with Gasteiger partial charge >= 0.3 is 0 Å². The van der Waals surface area contributed by atoms with Crippen LogP contribution >= 0.6 is 0 Å². The number of amides is 1. The fraction of sp³-hybridized carbons (Fsp3) is 0.879. The number of carbonyl (C=O) groups excluding carboxylic acids is 2. The number of hydrogen-bond acceptors (Lipinski definition) is 9. The number of nitrogens with zero attached hydrogens (tertiary/aromatic N) is 3. The lowest BCUT2D eigenvalue weighted by Crippen LogP contribution is -2.74. The second-order valence-corrected chi connectivity index (χ2v) is 14.1. The third kappa shape index (κ3) is 6.34. The van der Waals surface area contributed by atoms with Crippen molar-refractivity contribution in [2.75, 3.05) is 78.8 Å². The van der Waals surface area contributed by atoms with Crippen molar-refractivity contribution in [3.05, 3.63) is 11.8 Å². The zero-order chi connectivity index (χ0) is 30.0. The molecule has 6 fully saturated rings. The fourth-order valence-corrected chi connectivity index (χ4v) is 9.41. The molecular formula is C33H52FN5O5. The molecule has 0 spiro atoms. The summed E-state index contributed by atoms with van der Waals surface area (Å²) in [7, 11) is 0. The Kier molecular flexibility index (Phi) is 9.87. The Morgan fingerprint density at radius 2 is 1.64 bits per heavy atom. The normalized spacial score (nSPS) is 39.6. The van der Waals surface area contributed by atoms with Crippen molar-refractivity contribution in [1.29, 1.82) is 0 Å². The predicted molar refractivity (Wildman–Crippen MR) is 163 cm³/mol. The summed E-state index contributed by atoms with van der Waals surface area (Å²) in [4.78, 5) is 34.4. The Hall–Kier alpha value is -1.63. The van der Waals surface area contributed by atoms with Crippen LogP contribution in [0.5, 0.6) is 0 Å². The molecule has 10 nitrogen and oxygen atoms in total. The van der Waals surface area contributed by atoms with Gasteiger partial charge in [0.15, 0.2) is 5.78 Å². The highest BCUT2D eigenvalue weighted by molar-refractivity contribution is 6.20. The van der Waals surface area contributed by atoms with E-state index in [-0.39, 0.29) is 41.9 Å². The number of ketones is 1. The van der Waals surface area contributed by atoms with Gasteiger partial charge in [0.25, 0.3) is 5.91 Å². The molecule has 11 heteroatoms. The van der Waals surface area contributed by atoms with Crippen molar-refractivity contribution in [2.45, 2.75) is 87.9 Å². The van der Waals surface area contributed by atoms with Gasteiger partial charge in [-0.3, -0.25) is 19.4 Å². The van der Waals surface area contributed by atoms with E-state index in [1.54, 1.807) is 0 Å². The van der Waals surface area contributed by atoms with Crippen molar-refractivity contribution in [3.63, 3.8) is 0 Å². The van der Waals surface area contributed by atoms with Gasteiger partial charge in [-0.15, -0.1) is 0 Å². The van der Waals surface area contributed by atoms with Crippen molar-refractivity contribution >= 4 is 11.7 Å². The van der Waals surface area contributed by atoms with Gasteiger partial charge in [-0.25, -0.2) is 4.39 Å². The number of morpholine rings is 3. The predicted octanol–water partition coefficient (Wildman–Crippen LogP) is 1.35. The maximum atomic E-state index is 16.2. The number of rotatable bonds is 9. The number of carbonyl (C=O) groups is 2. The summed E-state index contributed by atoms with van der Waals surface area (Å²) in [5.74, 6) is -0.00845. The van der Waals surface area contributed by atoms with Gasteiger partial charge in [0.2, 0.25) is 0 Å². The molecule has 44 heavy (non-hydrogen) atoms. The van der Waals surface area contributed by atoms with Crippen LogP contribution in [-0.2, 0) is 23.8 Å². The van der Waals surface area contributed by atoms with Crippen LogP contribution in [0.25, 0.3) is 0 Å². The molecule has 3 saturated carbocycles. The van der Waals surface area contributed by atoms with Crippen molar-refractivity contribution in [2.24, 2.45) is 17.8 Å². The van der Waals surface area contributed by atoms with Gasteiger partial charge in [-0.2, -0.15) is 0 Å². The lowest BCUT2D eigenvalue weighted by Gasteiger charge is -2.61. The minimum Gasteiger partial charge on any atom is -0.379 e. The van der Waals surface area contributed by atoms with Crippen LogP contribution in [0.3, 0.4) is 0 Å². The Labute approximate surface area is 261 Å². The van der Waals surface area contributed by atoms with Crippen LogP contribution in [0.2, 0.25) is 0 Å². The zero-order valence-corrected chi connectivity index (χ0v) is 26.2. The first-order valence-electron chi connectivity index (χ1n) is 17.5. The first-order valence-corrected chi connectivity index (χ1v) is 17.5. The van der Waals surface area contributed by atoms with E-state index >= 15 is 4.39 Å². The molecule has 0 aromatic carbocycles. The van der Waals surface area contributed by atoms with Gasteiger partial charge in [0.1, 0.15) is 6.17 Å². The number of Topliss-reactive ketones (excluding diaryl/α,β-unsaturated/α-hetero) is 1. The standard InChI is InChI=1S/C33H52FN5O5/c34-26-20-24-29-32(28(26)35-8-3-10-37-12-16-42-17-13-37)44-31-23-5-2-1-4-22(23)6-7-27(31)39(29)21-25(30(24)40)33(41)36-9-11-38-14-18-43-19-15-38/h21-24,26-29,31-32,35H,1-20H2,(H,36,41). The summed E-state index contributed by atoms with van der Waals surface area (Å²) in [6.07, 6.45) is 8.34. The smallest absolute Gasteiger partial charge is 0.256 e. The van der Waals surface area contributed by atoms with Gasteiger partial charge in [0.05, 0.1) is 62.3 Å². The number of ether oxygens (including phenoxy) is 3. The molecular weight excluding hydrogens is 565 g/mol. The monoisotopic (exact) mass is 617 g/mol. The minimum atomic E-state index is -1.21. The lowest BCUT2D eigenvalue weighted by atomic mass is 9.64. The van der Waals surface area contributed by atoms with E-state index in [4.69, 9.17) is 14.2 Å². The van der Waals surface area contributed by atoms with Gasteiger partial charge in [-0.05, 0) is 57.0 Å². The van der Waals surface area contributed by atoms with Gasteiger partial charge < -0.3 is 29.7 Å². The Morgan fingerprint density at radius 3 is 2.41 bits per heavy atom. The number of alkyl halides is 1. The summed E-state index contributed by atoms with van der Waals surface area (Å²) in [6, 6.07) is -0.573. The average molecular weight is 618 g/mol. The van der Waals surface area contributed by atoms with E-state index in [1.165, 1.54) is 19.3 Å². The molecule has 2 N–H and O–H groups in total. The summed E-state index contributed by atoms with van der Waals surface area (Å²) < 4.78 is 34.1. The molecule has 4 aliphatic heterocycles. The second kappa shape index (κ2) is 14.0. The fourth-order valence-electron chi connectivity index (χ4n) is 9.41. The molecule has 4 heterocycles. The quantitative estimate of drug-likeness (QED) is 0.294. The van der Waals surface area contributed by atoms with Gasteiger partial charge in [0, 0.05) is 51.4 Å². The number of nitrogens with one attached hydrogen (secondary N) is 2. The highest BCUT2D eigenvalue weighted by Gasteiger charge is 2.60. The third-order valence-corrected chi connectivity index (χ3v) is 11.7. The maximum Gasteiger partial charge on any atom is 0.256 e. The molecule has 9 unspecified atom stereocenters. The van der Waals surface area contributed by atoms with Crippen LogP contribution < -0.4 is 10.6 Å². The zero-order valence-electron chi connectivity index (χ0n) is 26.2. The van der Waals surface area contributed by atoms with Crippen molar-refractivity contribution < 1.29 is 28.2 Å². The SMILES string of the molecule is O=C(NCCN1CCOCC1)C1=CN2C3CCC4CCCCC4C3OC3C(NCCCN4CCOCC4)C(F)CC(C1=O)C32. The Morgan fingerprint density at radius 1 is 0.909 bits per heavy atom. The number of fused-ring (bicyclic) bond motifs is 4. The highest BCUT2D eigenvalue weighted by atomic mass is 19.1. The molecule has 7 aliphatic rings. The topological polar surface area (TPSA) is 95.6 Å². The summed E-state index contributed by atoms with van der Waals surface area (Å²) in [5, 5.41) is 6.58. The van der Waals surface area contributed by atoms with Crippen LogP contribution in [0.15, 0.2) is 11.8 Å². The minimum absolute atomic E-state index is 0.00832. The van der Waals surface area contributed by atoms with E-state index < -0.39 is 24.2 Å². The summed E-state index contributed by atoms with van der Waals surface area (Å²) in [6.45, 7) is 9.42. The van der Waals surface area contributed by atoms with E-state index in [1.807, 2.05) is 6.20 Å². The number of halogens is 1. The first kappa shape index (κ1) is 31.0. The largest absolute Gasteiger partial charge is 0.379 e. The molecule has 0 aromatic rings. The molecule has 0 aromatic heterocycles. The Balaban J connectivity index is 1.09. The summed E-state index contributed by atoms with van der Waals surface area (Å²) >= 11 is 0. The van der Waals surface area contributed by atoms with Crippen molar-refractivity contribution in [3.8, 4) is 0 Å². The van der Waals surface area contributed by atoms with Crippen LogP contribution in [0.1, 0.15) is 51.4 Å². The van der Waals surface area contributed by atoms with Crippen molar-refractivity contribution in [1.82, 2.24) is 25.3 Å². The third-order valence-electron chi connectivity index (χ3n) is 11.7. The molecule has 246 valence electrons. The Bertz CT molecular complexity index is 1050. The number of hydrogen-bond donors (Lipinski definition) is 2. The first-order chi connectivity index (χ1) is 21.6. The average Bonchev–Trinajstić information content (AvgIpc) is 3.06.